The molecule has 0 bridgehead atoms. The highest BCUT2D eigenvalue weighted by atomic mass is 15.2. The van der Waals surface area contributed by atoms with E-state index in [1.54, 1.807) is 0 Å². The molecule has 0 N–H and O–H groups in total. The lowest BCUT2D eigenvalue weighted by Gasteiger charge is -2.35. The molecule has 0 unspecified atom stereocenters. The highest BCUT2D eigenvalue weighted by Crippen LogP contribution is 2.22. The second-order valence-electron chi connectivity index (χ2n) is 4.58. The number of hydrogen-bond donors (Lipinski definition) is 0. The predicted molar refractivity (Wildman–Crippen MR) is 65.6 cm³/mol. The maximum absolute atomic E-state index is 2.50. The van der Waals surface area contributed by atoms with Gasteiger partial charge in [-0.3, -0.25) is 0 Å². The highest BCUT2D eigenvalue weighted by Gasteiger charge is 2.15. The zero-order chi connectivity index (χ0) is 10.8. The molecule has 1 heterocycles. The van der Waals surface area contributed by atoms with E-state index >= 15 is 0 Å². The fourth-order valence-electron chi connectivity index (χ4n) is 2.11. The van der Waals surface area contributed by atoms with Crippen molar-refractivity contribution >= 4 is 5.69 Å². The predicted octanol–water partition coefficient (Wildman–Crippen LogP) is 2.06. The van der Waals surface area contributed by atoms with Crippen LogP contribution in [-0.2, 0) is 0 Å². The number of piperazine rings is 1. The molecule has 0 atom stereocenters. The largest absolute Gasteiger partial charge is 0.369 e. The summed E-state index contributed by atoms with van der Waals surface area (Å²) in [7, 11) is 2.19. The Balaban J connectivity index is 2.18. The van der Waals surface area contributed by atoms with Gasteiger partial charge in [-0.05, 0) is 38.1 Å². The van der Waals surface area contributed by atoms with Crippen LogP contribution in [0.15, 0.2) is 18.2 Å². The number of likely N-dealkylation sites (N-methyl/N-ethyl adjacent to an activating group) is 1. The molecular formula is C13H20N2. The molecule has 2 heteroatoms. The standard InChI is InChI=1S/C13H20N2/c1-11-4-5-12(2)13(10-11)15-8-6-14(3)7-9-15/h4-5,10H,6-9H2,1-3H3. The van der Waals surface area contributed by atoms with Crippen molar-refractivity contribution in [2.45, 2.75) is 13.8 Å². The van der Waals surface area contributed by atoms with E-state index in [1.807, 2.05) is 0 Å². The van der Waals surface area contributed by atoms with Crippen molar-refractivity contribution < 1.29 is 0 Å². The molecule has 82 valence electrons. The van der Waals surface area contributed by atoms with Gasteiger partial charge in [-0.25, -0.2) is 0 Å². The lowest BCUT2D eigenvalue weighted by atomic mass is 10.1. The molecule has 0 aliphatic carbocycles. The molecule has 1 saturated heterocycles. The summed E-state index contributed by atoms with van der Waals surface area (Å²) in [5.41, 5.74) is 4.17. The van der Waals surface area contributed by atoms with Crippen molar-refractivity contribution in [1.82, 2.24) is 4.90 Å². The van der Waals surface area contributed by atoms with Crippen LogP contribution < -0.4 is 4.90 Å². The van der Waals surface area contributed by atoms with E-state index in [0.717, 1.165) is 13.1 Å². The summed E-state index contributed by atoms with van der Waals surface area (Å²) in [6.07, 6.45) is 0. The van der Waals surface area contributed by atoms with Gasteiger partial charge in [0.25, 0.3) is 0 Å². The maximum Gasteiger partial charge on any atom is 0.0399 e. The minimum atomic E-state index is 1.15. The van der Waals surface area contributed by atoms with Crippen molar-refractivity contribution in [2.75, 3.05) is 38.1 Å². The van der Waals surface area contributed by atoms with Gasteiger partial charge in [-0.1, -0.05) is 12.1 Å². The molecule has 1 aliphatic heterocycles. The van der Waals surface area contributed by atoms with Crippen LogP contribution in [0.3, 0.4) is 0 Å². The van der Waals surface area contributed by atoms with Crippen LogP contribution >= 0.6 is 0 Å². The summed E-state index contributed by atoms with van der Waals surface area (Å²) in [6, 6.07) is 6.72. The SMILES string of the molecule is Cc1ccc(C)c(N2CCN(C)CC2)c1. The fourth-order valence-corrected chi connectivity index (χ4v) is 2.11. The zero-order valence-electron chi connectivity index (χ0n) is 9.95. The minimum absolute atomic E-state index is 1.15. The maximum atomic E-state index is 2.50. The van der Waals surface area contributed by atoms with Gasteiger partial charge in [0.15, 0.2) is 0 Å². The van der Waals surface area contributed by atoms with Crippen LogP contribution in [0.1, 0.15) is 11.1 Å². The van der Waals surface area contributed by atoms with E-state index in [-0.39, 0.29) is 0 Å². The minimum Gasteiger partial charge on any atom is -0.369 e. The molecule has 15 heavy (non-hydrogen) atoms. The van der Waals surface area contributed by atoms with Crippen molar-refractivity contribution in [3.05, 3.63) is 29.3 Å². The Labute approximate surface area is 92.5 Å². The third kappa shape index (κ3) is 2.32. The molecule has 2 rings (SSSR count). The molecule has 2 nitrogen and oxygen atoms in total. The van der Waals surface area contributed by atoms with Gasteiger partial charge in [-0.2, -0.15) is 0 Å². The van der Waals surface area contributed by atoms with Crippen LogP contribution in [0.2, 0.25) is 0 Å². The van der Waals surface area contributed by atoms with E-state index in [4.69, 9.17) is 0 Å². The first-order valence-electron chi connectivity index (χ1n) is 5.67. The first-order valence-corrected chi connectivity index (χ1v) is 5.67. The number of nitrogens with zero attached hydrogens (tertiary/aromatic N) is 2. The average Bonchev–Trinajstić information content (AvgIpc) is 2.23. The van der Waals surface area contributed by atoms with Crippen LogP contribution in [-0.4, -0.2) is 38.1 Å². The second-order valence-corrected chi connectivity index (χ2v) is 4.58. The van der Waals surface area contributed by atoms with Crippen LogP contribution in [0.5, 0.6) is 0 Å². The molecule has 0 radical (unpaired) electrons. The third-order valence-electron chi connectivity index (χ3n) is 3.21. The molecule has 0 aromatic heterocycles. The number of anilines is 1. The number of hydrogen-bond acceptors (Lipinski definition) is 2. The lowest BCUT2D eigenvalue weighted by Crippen LogP contribution is -2.44. The average molecular weight is 204 g/mol. The fraction of sp³-hybridized carbons (Fsp3) is 0.538. The Bertz CT molecular complexity index is 338. The van der Waals surface area contributed by atoms with Crippen molar-refractivity contribution in [3.8, 4) is 0 Å². The molecular weight excluding hydrogens is 184 g/mol. The Morgan fingerprint density at radius 1 is 1.00 bits per heavy atom. The van der Waals surface area contributed by atoms with E-state index in [0.29, 0.717) is 0 Å². The molecule has 0 spiro atoms. The zero-order valence-corrected chi connectivity index (χ0v) is 9.95. The van der Waals surface area contributed by atoms with Gasteiger partial charge >= 0.3 is 0 Å². The summed E-state index contributed by atoms with van der Waals surface area (Å²) in [4.78, 5) is 4.89. The van der Waals surface area contributed by atoms with Gasteiger partial charge < -0.3 is 9.80 Å². The molecule has 0 saturated carbocycles. The quantitative estimate of drug-likeness (QED) is 0.691. The molecule has 1 aromatic rings. The molecule has 1 aromatic carbocycles. The van der Waals surface area contributed by atoms with E-state index in [1.165, 1.54) is 29.9 Å². The Morgan fingerprint density at radius 3 is 2.33 bits per heavy atom. The number of aryl methyl sites for hydroxylation is 2. The smallest absolute Gasteiger partial charge is 0.0399 e. The van der Waals surface area contributed by atoms with Gasteiger partial charge in [-0.15, -0.1) is 0 Å². The second kappa shape index (κ2) is 4.23. The van der Waals surface area contributed by atoms with E-state index < -0.39 is 0 Å². The lowest BCUT2D eigenvalue weighted by molar-refractivity contribution is 0.312. The van der Waals surface area contributed by atoms with Crippen LogP contribution in [0, 0.1) is 13.8 Å². The normalized spacial score (nSPS) is 18.2. The summed E-state index contributed by atoms with van der Waals surface area (Å²) in [5, 5.41) is 0. The van der Waals surface area contributed by atoms with E-state index in [9.17, 15) is 0 Å². The molecule has 1 aliphatic rings. The summed E-state index contributed by atoms with van der Waals surface area (Å²) < 4.78 is 0. The van der Waals surface area contributed by atoms with Gasteiger partial charge in [0.1, 0.15) is 0 Å². The Hall–Kier alpha value is -1.02. The first-order chi connectivity index (χ1) is 7.16. The molecule has 0 amide bonds. The Morgan fingerprint density at radius 2 is 1.67 bits per heavy atom. The first kappa shape index (κ1) is 10.5. The van der Waals surface area contributed by atoms with Crippen molar-refractivity contribution in [1.29, 1.82) is 0 Å². The molecule has 1 fully saturated rings. The third-order valence-corrected chi connectivity index (χ3v) is 3.21. The van der Waals surface area contributed by atoms with Crippen LogP contribution in [0.4, 0.5) is 5.69 Å². The van der Waals surface area contributed by atoms with Gasteiger partial charge in [0.2, 0.25) is 0 Å². The van der Waals surface area contributed by atoms with Crippen molar-refractivity contribution in [3.63, 3.8) is 0 Å². The van der Waals surface area contributed by atoms with Gasteiger partial charge in [0.05, 0.1) is 0 Å². The summed E-state index contributed by atoms with van der Waals surface area (Å²) >= 11 is 0. The van der Waals surface area contributed by atoms with Crippen molar-refractivity contribution in [2.24, 2.45) is 0 Å². The number of rotatable bonds is 1. The monoisotopic (exact) mass is 204 g/mol. The summed E-state index contributed by atoms with van der Waals surface area (Å²) in [5.74, 6) is 0. The topological polar surface area (TPSA) is 6.48 Å². The highest BCUT2D eigenvalue weighted by molar-refractivity contribution is 5.55. The van der Waals surface area contributed by atoms with E-state index in [2.05, 4.69) is 48.9 Å². The van der Waals surface area contributed by atoms with Crippen LogP contribution in [0.25, 0.3) is 0 Å². The summed E-state index contributed by atoms with van der Waals surface area (Å²) in [6.45, 7) is 9.02. The van der Waals surface area contributed by atoms with Gasteiger partial charge in [0, 0.05) is 31.9 Å². The number of benzene rings is 1. The Kier molecular flexibility index (Phi) is 2.96.